The molecule has 0 bridgehead atoms. The molecule has 4 rings (SSSR count). The molecule has 2 heteroatoms. The van der Waals surface area contributed by atoms with Gasteiger partial charge in [-0.05, 0) is 11.1 Å². The van der Waals surface area contributed by atoms with Gasteiger partial charge in [0, 0.05) is 17.7 Å². The molecule has 1 aliphatic carbocycles. The van der Waals surface area contributed by atoms with Gasteiger partial charge in [0.05, 0.1) is 11.3 Å². The van der Waals surface area contributed by atoms with Gasteiger partial charge in [-0.2, -0.15) is 0 Å². The first kappa shape index (κ1) is 9.66. The molecular weight excluding hydrogens is 222 g/mol. The van der Waals surface area contributed by atoms with Crippen LogP contribution in [0.25, 0.3) is 11.3 Å². The number of hydrogen-bond acceptors (Lipinski definition) is 2. The van der Waals surface area contributed by atoms with Crippen LogP contribution >= 0.6 is 0 Å². The van der Waals surface area contributed by atoms with Gasteiger partial charge in [0.25, 0.3) is 0 Å². The lowest BCUT2D eigenvalue weighted by Gasteiger charge is -2.19. The van der Waals surface area contributed by atoms with Crippen LogP contribution in [0, 0.1) is 0 Å². The minimum Gasteiger partial charge on any atom is -0.380 e. The van der Waals surface area contributed by atoms with Gasteiger partial charge >= 0.3 is 0 Å². The zero-order chi connectivity index (χ0) is 12.1. The first-order chi connectivity index (χ1) is 8.86. The lowest BCUT2D eigenvalue weighted by molar-refractivity contribution is 0.105. The molecule has 18 heavy (non-hydrogen) atoms. The number of rotatable bonds is 0. The Bertz CT molecular complexity index is 713. The van der Waals surface area contributed by atoms with Crippen molar-refractivity contribution in [3.63, 3.8) is 0 Å². The Morgan fingerprint density at radius 1 is 0.833 bits per heavy atom. The molecule has 0 radical (unpaired) electrons. The minimum atomic E-state index is 0.139. The second kappa shape index (κ2) is 3.33. The van der Waals surface area contributed by atoms with Crippen LogP contribution in [0.2, 0.25) is 0 Å². The second-order valence-electron chi connectivity index (χ2n) is 4.64. The maximum absolute atomic E-state index is 12.5. The molecule has 0 saturated heterocycles. The first-order valence-corrected chi connectivity index (χ1v) is 6.07. The van der Waals surface area contributed by atoms with E-state index in [0.29, 0.717) is 0 Å². The summed E-state index contributed by atoms with van der Waals surface area (Å²) in [6, 6.07) is 15.9. The Morgan fingerprint density at radius 2 is 1.50 bits per heavy atom. The Hall–Kier alpha value is -2.35. The molecule has 2 aromatic carbocycles. The quantitative estimate of drug-likeness (QED) is 0.758. The molecule has 0 amide bonds. The third-order valence-electron chi connectivity index (χ3n) is 3.66. The molecule has 0 saturated carbocycles. The SMILES string of the molecule is O=C1C2=C(NCc3ccccc32)c2ccccc21. The summed E-state index contributed by atoms with van der Waals surface area (Å²) in [7, 11) is 0. The van der Waals surface area contributed by atoms with Crippen LogP contribution in [-0.4, -0.2) is 5.78 Å². The minimum absolute atomic E-state index is 0.139. The number of hydrogen-bond donors (Lipinski definition) is 1. The van der Waals surface area contributed by atoms with Gasteiger partial charge < -0.3 is 5.32 Å². The van der Waals surface area contributed by atoms with Crippen molar-refractivity contribution in [3.8, 4) is 0 Å². The number of carbonyl (C=O) groups is 1. The highest BCUT2D eigenvalue weighted by molar-refractivity contribution is 6.40. The predicted octanol–water partition coefficient (Wildman–Crippen LogP) is 2.85. The zero-order valence-corrected chi connectivity index (χ0v) is 9.73. The van der Waals surface area contributed by atoms with Gasteiger partial charge in [0.1, 0.15) is 0 Å². The van der Waals surface area contributed by atoms with Crippen molar-refractivity contribution in [2.45, 2.75) is 6.54 Å². The fourth-order valence-electron chi connectivity index (χ4n) is 2.82. The van der Waals surface area contributed by atoms with Gasteiger partial charge in [-0.3, -0.25) is 4.79 Å². The third kappa shape index (κ3) is 1.10. The van der Waals surface area contributed by atoms with Crippen LogP contribution in [0.15, 0.2) is 48.5 Å². The third-order valence-corrected chi connectivity index (χ3v) is 3.66. The fourth-order valence-corrected chi connectivity index (χ4v) is 2.82. The molecular formula is C16H11NO. The molecule has 0 spiro atoms. The van der Waals surface area contributed by atoms with E-state index in [1.165, 1.54) is 5.56 Å². The molecule has 0 fully saturated rings. The number of nitrogens with one attached hydrogen (secondary N) is 1. The zero-order valence-electron chi connectivity index (χ0n) is 9.73. The topological polar surface area (TPSA) is 29.1 Å². The van der Waals surface area contributed by atoms with E-state index in [4.69, 9.17) is 0 Å². The smallest absolute Gasteiger partial charge is 0.196 e. The highest BCUT2D eigenvalue weighted by Crippen LogP contribution is 2.40. The first-order valence-electron chi connectivity index (χ1n) is 6.07. The van der Waals surface area contributed by atoms with Crippen molar-refractivity contribution in [1.82, 2.24) is 5.32 Å². The van der Waals surface area contributed by atoms with Crippen molar-refractivity contribution < 1.29 is 4.79 Å². The lowest BCUT2D eigenvalue weighted by Crippen LogP contribution is -2.18. The molecule has 86 valence electrons. The Morgan fingerprint density at radius 3 is 2.33 bits per heavy atom. The van der Waals surface area contributed by atoms with Gasteiger partial charge in [0.15, 0.2) is 5.78 Å². The van der Waals surface area contributed by atoms with E-state index in [1.54, 1.807) is 0 Å². The average molecular weight is 233 g/mol. The number of carbonyl (C=O) groups excluding carboxylic acids is 1. The van der Waals surface area contributed by atoms with Gasteiger partial charge in [-0.15, -0.1) is 0 Å². The summed E-state index contributed by atoms with van der Waals surface area (Å²) in [5.74, 6) is 0.139. The molecule has 0 unspecified atom stereocenters. The monoisotopic (exact) mass is 233 g/mol. The van der Waals surface area contributed by atoms with Gasteiger partial charge in [-0.25, -0.2) is 0 Å². The number of Topliss-reactive ketones (excluding diaryl/α,β-unsaturated/α-hetero) is 1. The number of benzene rings is 2. The van der Waals surface area contributed by atoms with E-state index >= 15 is 0 Å². The molecule has 2 nitrogen and oxygen atoms in total. The highest BCUT2D eigenvalue weighted by Gasteiger charge is 2.33. The van der Waals surface area contributed by atoms with E-state index in [0.717, 1.165) is 34.5 Å². The van der Waals surface area contributed by atoms with Crippen molar-refractivity contribution in [1.29, 1.82) is 0 Å². The Kier molecular flexibility index (Phi) is 1.78. The highest BCUT2D eigenvalue weighted by atomic mass is 16.1. The van der Waals surface area contributed by atoms with Crippen molar-refractivity contribution in [3.05, 3.63) is 70.8 Å². The van der Waals surface area contributed by atoms with Crippen molar-refractivity contribution >= 4 is 17.1 Å². The molecule has 0 atom stereocenters. The molecule has 1 N–H and O–H groups in total. The normalized spacial score (nSPS) is 15.9. The molecule has 0 aromatic heterocycles. The predicted molar refractivity (Wildman–Crippen MR) is 70.9 cm³/mol. The molecule has 1 aliphatic heterocycles. The molecule has 2 aromatic rings. The lowest BCUT2D eigenvalue weighted by atomic mass is 9.94. The summed E-state index contributed by atoms with van der Waals surface area (Å²) in [4.78, 5) is 12.5. The maximum atomic E-state index is 12.5. The summed E-state index contributed by atoms with van der Waals surface area (Å²) < 4.78 is 0. The standard InChI is InChI=1S/C16H11NO/c18-16-13-8-4-3-7-12(13)15-14(16)11-6-2-1-5-10(11)9-17-15/h1-8,17H,9H2. The van der Waals surface area contributed by atoms with Gasteiger partial charge in [-0.1, -0.05) is 48.5 Å². The summed E-state index contributed by atoms with van der Waals surface area (Å²) in [5, 5.41) is 3.38. The maximum Gasteiger partial charge on any atom is 0.196 e. The number of ketones is 1. The van der Waals surface area contributed by atoms with Crippen LogP contribution in [0.3, 0.4) is 0 Å². The Balaban J connectivity index is 2.03. The van der Waals surface area contributed by atoms with E-state index in [-0.39, 0.29) is 5.78 Å². The summed E-state index contributed by atoms with van der Waals surface area (Å²) in [6.45, 7) is 0.788. The van der Waals surface area contributed by atoms with Gasteiger partial charge in [0.2, 0.25) is 0 Å². The molecule has 2 aliphatic rings. The summed E-state index contributed by atoms with van der Waals surface area (Å²) in [5.41, 5.74) is 5.94. The van der Waals surface area contributed by atoms with Crippen LogP contribution < -0.4 is 5.32 Å². The van der Waals surface area contributed by atoms with Crippen LogP contribution in [0.1, 0.15) is 27.0 Å². The van der Waals surface area contributed by atoms with E-state index in [1.807, 2.05) is 42.5 Å². The van der Waals surface area contributed by atoms with E-state index in [9.17, 15) is 4.79 Å². The second-order valence-corrected chi connectivity index (χ2v) is 4.64. The van der Waals surface area contributed by atoms with E-state index < -0.39 is 0 Å². The largest absolute Gasteiger partial charge is 0.380 e. The molecule has 1 heterocycles. The number of fused-ring (bicyclic) bond motifs is 4. The summed E-state index contributed by atoms with van der Waals surface area (Å²) in [6.07, 6.45) is 0. The van der Waals surface area contributed by atoms with E-state index in [2.05, 4.69) is 11.4 Å². The average Bonchev–Trinajstić information content (AvgIpc) is 2.73. The fraction of sp³-hybridized carbons (Fsp3) is 0.0625. The van der Waals surface area contributed by atoms with Crippen LogP contribution in [-0.2, 0) is 6.54 Å². The van der Waals surface area contributed by atoms with Crippen molar-refractivity contribution in [2.24, 2.45) is 0 Å². The number of allylic oxidation sites excluding steroid dienone is 1. The Labute approximate surface area is 105 Å². The summed E-state index contributed by atoms with van der Waals surface area (Å²) >= 11 is 0. The van der Waals surface area contributed by atoms with Crippen molar-refractivity contribution in [2.75, 3.05) is 0 Å². The van der Waals surface area contributed by atoms with Crippen LogP contribution in [0.5, 0.6) is 0 Å². The van der Waals surface area contributed by atoms with Crippen LogP contribution in [0.4, 0.5) is 0 Å².